The molecule has 1 amide bonds. The summed E-state index contributed by atoms with van der Waals surface area (Å²) in [4.78, 5) is 21.0. The highest BCUT2D eigenvalue weighted by Crippen LogP contribution is 2.24. The van der Waals surface area contributed by atoms with Gasteiger partial charge in [-0.3, -0.25) is 4.79 Å². The number of carbonyl (C=O) groups is 1. The molecule has 1 heterocycles. The molecule has 3 aromatic rings. The Labute approximate surface area is 166 Å². The Hall–Kier alpha value is -3.21. The maximum absolute atomic E-state index is 12.5. The van der Waals surface area contributed by atoms with E-state index < -0.39 is 0 Å². The van der Waals surface area contributed by atoms with Crippen molar-refractivity contribution in [3.63, 3.8) is 0 Å². The second-order valence-electron chi connectivity index (χ2n) is 7.83. The highest BCUT2D eigenvalue weighted by atomic mass is 16.1. The van der Waals surface area contributed by atoms with Crippen molar-refractivity contribution in [3.8, 4) is 0 Å². The van der Waals surface area contributed by atoms with Gasteiger partial charge in [-0.1, -0.05) is 57.2 Å². The Balaban J connectivity index is 1.66. The fourth-order valence-electron chi connectivity index (χ4n) is 2.80. The van der Waals surface area contributed by atoms with E-state index >= 15 is 0 Å². The highest BCUT2D eigenvalue weighted by Gasteiger charge is 2.13. The van der Waals surface area contributed by atoms with Crippen LogP contribution in [-0.2, 0) is 12.0 Å². The third-order valence-corrected chi connectivity index (χ3v) is 4.60. The molecule has 5 heteroatoms. The predicted molar refractivity (Wildman–Crippen MR) is 113 cm³/mol. The molecule has 0 aliphatic rings. The topological polar surface area (TPSA) is 66.9 Å². The molecular weight excluding hydrogens is 348 g/mol. The smallest absolute Gasteiger partial charge is 0.270 e. The molecule has 0 radical (unpaired) electrons. The minimum Gasteiger partial charge on any atom is -0.347 e. The van der Waals surface area contributed by atoms with Crippen LogP contribution in [0.4, 0.5) is 11.6 Å². The second-order valence-corrected chi connectivity index (χ2v) is 7.83. The highest BCUT2D eigenvalue weighted by molar-refractivity contribution is 5.92. The van der Waals surface area contributed by atoms with Crippen molar-refractivity contribution in [2.75, 3.05) is 5.32 Å². The molecule has 1 aromatic heterocycles. The van der Waals surface area contributed by atoms with E-state index in [9.17, 15) is 4.79 Å². The molecule has 5 nitrogen and oxygen atoms in total. The SMILES string of the molecule is Cc1ccccc1CNC(=O)c1ccnc(Nc2ccc(C(C)(C)C)cc2)n1. The van der Waals surface area contributed by atoms with E-state index in [0.29, 0.717) is 18.2 Å². The fourth-order valence-corrected chi connectivity index (χ4v) is 2.80. The third-order valence-electron chi connectivity index (χ3n) is 4.60. The van der Waals surface area contributed by atoms with E-state index in [4.69, 9.17) is 0 Å². The molecule has 3 rings (SSSR count). The van der Waals surface area contributed by atoms with Gasteiger partial charge in [-0.15, -0.1) is 0 Å². The Kier molecular flexibility index (Phi) is 5.73. The molecule has 0 unspecified atom stereocenters. The first-order valence-electron chi connectivity index (χ1n) is 9.36. The summed E-state index contributed by atoms with van der Waals surface area (Å²) >= 11 is 0. The number of nitrogens with zero attached hydrogens (tertiary/aromatic N) is 2. The maximum atomic E-state index is 12.5. The molecule has 28 heavy (non-hydrogen) atoms. The molecular formula is C23H26N4O. The van der Waals surface area contributed by atoms with Crippen LogP contribution in [0.15, 0.2) is 60.8 Å². The normalized spacial score (nSPS) is 11.1. The van der Waals surface area contributed by atoms with Crippen molar-refractivity contribution in [2.45, 2.75) is 39.7 Å². The van der Waals surface area contributed by atoms with E-state index in [1.54, 1.807) is 12.3 Å². The standard InChI is InChI=1S/C23H26N4O/c1-16-7-5-6-8-17(16)15-25-21(28)20-13-14-24-22(27-20)26-19-11-9-18(10-12-19)23(2,3)4/h5-14H,15H2,1-4H3,(H,25,28)(H,24,26,27). The second kappa shape index (κ2) is 8.21. The van der Waals surface area contributed by atoms with Crippen LogP contribution in [0.2, 0.25) is 0 Å². The number of hydrogen-bond donors (Lipinski definition) is 2. The molecule has 0 saturated carbocycles. The number of aromatic nitrogens is 2. The van der Waals surface area contributed by atoms with Crippen molar-refractivity contribution in [1.29, 1.82) is 0 Å². The molecule has 2 N–H and O–H groups in total. The quantitative estimate of drug-likeness (QED) is 0.676. The summed E-state index contributed by atoms with van der Waals surface area (Å²) in [6, 6.07) is 17.7. The first-order chi connectivity index (χ1) is 13.3. The van der Waals surface area contributed by atoms with E-state index in [-0.39, 0.29) is 11.3 Å². The molecule has 0 saturated heterocycles. The molecule has 0 spiro atoms. The number of nitrogens with one attached hydrogen (secondary N) is 2. The van der Waals surface area contributed by atoms with E-state index in [1.807, 2.05) is 43.3 Å². The van der Waals surface area contributed by atoms with Crippen LogP contribution in [0.5, 0.6) is 0 Å². The first-order valence-corrected chi connectivity index (χ1v) is 9.36. The largest absolute Gasteiger partial charge is 0.347 e. The summed E-state index contributed by atoms with van der Waals surface area (Å²) in [5, 5.41) is 6.07. The van der Waals surface area contributed by atoms with Crippen LogP contribution < -0.4 is 10.6 Å². The van der Waals surface area contributed by atoms with Gasteiger partial charge >= 0.3 is 0 Å². The van der Waals surface area contributed by atoms with Crippen LogP contribution in [0, 0.1) is 6.92 Å². The van der Waals surface area contributed by atoms with Gasteiger partial charge in [-0.2, -0.15) is 0 Å². The first kappa shape index (κ1) is 19.5. The monoisotopic (exact) mass is 374 g/mol. The summed E-state index contributed by atoms with van der Waals surface area (Å²) in [6.45, 7) is 9.03. The Morgan fingerprint density at radius 3 is 2.39 bits per heavy atom. The molecule has 144 valence electrons. The van der Waals surface area contributed by atoms with Gasteiger partial charge in [0.25, 0.3) is 5.91 Å². The zero-order chi connectivity index (χ0) is 20.1. The molecule has 0 atom stereocenters. The summed E-state index contributed by atoms with van der Waals surface area (Å²) in [5.41, 5.74) is 4.80. The Morgan fingerprint density at radius 2 is 1.71 bits per heavy atom. The van der Waals surface area contributed by atoms with E-state index in [0.717, 1.165) is 16.8 Å². The van der Waals surface area contributed by atoms with Crippen molar-refractivity contribution >= 4 is 17.5 Å². The van der Waals surface area contributed by atoms with Gasteiger partial charge in [-0.25, -0.2) is 9.97 Å². The number of rotatable bonds is 5. The Morgan fingerprint density at radius 1 is 1.00 bits per heavy atom. The third kappa shape index (κ3) is 4.94. The lowest BCUT2D eigenvalue weighted by molar-refractivity contribution is 0.0946. The minimum atomic E-state index is -0.225. The van der Waals surface area contributed by atoms with Gasteiger partial charge in [0.15, 0.2) is 0 Å². The lowest BCUT2D eigenvalue weighted by Gasteiger charge is -2.19. The lowest BCUT2D eigenvalue weighted by atomic mass is 9.87. The molecule has 0 bridgehead atoms. The fraction of sp³-hybridized carbons (Fsp3) is 0.261. The Bertz CT molecular complexity index is 959. The van der Waals surface area contributed by atoms with Crippen molar-refractivity contribution in [3.05, 3.63) is 83.2 Å². The lowest BCUT2D eigenvalue weighted by Crippen LogP contribution is -2.24. The van der Waals surface area contributed by atoms with Crippen molar-refractivity contribution in [1.82, 2.24) is 15.3 Å². The van der Waals surface area contributed by atoms with Crippen LogP contribution >= 0.6 is 0 Å². The number of benzene rings is 2. The van der Waals surface area contributed by atoms with Crippen LogP contribution in [0.25, 0.3) is 0 Å². The predicted octanol–water partition coefficient (Wildman–Crippen LogP) is 4.76. The van der Waals surface area contributed by atoms with Gasteiger partial charge < -0.3 is 10.6 Å². The number of carbonyl (C=O) groups excluding carboxylic acids is 1. The maximum Gasteiger partial charge on any atom is 0.270 e. The van der Waals surface area contributed by atoms with Gasteiger partial charge in [0.05, 0.1) is 0 Å². The van der Waals surface area contributed by atoms with Crippen LogP contribution in [0.3, 0.4) is 0 Å². The summed E-state index contributed by atoms with van der Waals surface area (Å²) in [5.74, 6) is 0.170. The average molecular weight is 374 g/mol. The molecule has 0 fully saturated rings. The molecule has 0 aliphatic heterocycles. The van der Waals surface area contributed by atoms with Gasteiger partial charge in [0.2, 0.25) is 5.95 Å². The zero-order valence-corrected chi connectivity index (χ0v) is 16.8. The minimum absolute atomic E-state index is 0.101. The summed E-state index contributed by atoms with van der Waals surface area (Å²) < 4.78 is 0. The van der Waals surface area contributed by atoms with E-state index in [2.05, 4.69) is 53.5 Å². The summed E-state index contributed by atoms with van der Waals surface area (Å²) in [6.07, 6.45) is 1.58. The number of aryl methyl sites for hydroxylation is 1. The number of hydrogen-bond acceptors (Lipinski definition) is 4. The number of amides is 1. The van der Waals surface area contributed by atoms with Crippen molar-refractivity contribution in [2.24, 2.45) is 0 Å². The van der Waals surface area contributed by atoms with E-state index in [1.165, 1.54) is 5.56 Å². The average Bonchev–Trinajstić information content (AvgIpc) is 2.67. The summed E-state index contributed by atoms with van der Waals surface area (Å²) in [7, 11) is 0. The molecule has 0 aliphatic carbocycles. The van der Waals surface area contributed by atoms with Gasteiger partial charge in [0, 0.05) is 18.4 Å². The van der Waals surface area contributed by atoms with Gasteiger partial charge in [-0.05, 0) is 47.2 Å². The van der Waals surface area contributed by atoms with Gasteiger partial charge in [0.1, 0.15) is 5.69 Å². The number of anilines is 2. The van der Waals surface area contributed by atoms with Crippen LogP contribution in [0.1, 0.15) is 48.0 Å². The van der Waals surface area contributed by atoms with Crippen LogP contribution in [-0.4, -0.2) is 15.9 Å². The molecule has 2 aromatic carbocycles. The van der Waals surface area contributed by atoms with Crippen molar-refractivity contribution < 1.29 is 4.79 Å². The zero-order valence-electron chi connectivity index (χ0n) is 16.8.